The van der Waals surface area contributed by atoms with E-state index >= 15 is 0 Å². The number of anilines is 1. The van der Waals surface area contributed by atoms with Crippen LogP contribution in [-0.4, -0.2) is 75.6 Å². The lowest BCUT2D eigenvalue weighted by atomic mass is 10.1. The van der Waals surface area contributed by atoms with Gasteiger partial charge in [-0.2, -0.15) is 18.3 Å². The Balaban J connectivity index is 1.42. The highest BCUT2D eigenvalue weighted by Crippen LogP contribution is 2.30. The van der Waals surface area contributed by atoms with Gasteiger partial charge in [-0.1, -0.05) is 0 Å². The van der Waals surface area contributed by atoms with Crippen molar-refractivity contribution in [3.63, 3.8) is 0 Å². The van der Waals surface area contributed by atoms with E-state index in [1.807, 2.05) is 11.8 Å². The maximum atomic E-state index is 12.8. The lowest BCUT2D eigenvalue weighted by Crippen LogP contribution is -2.51. The lowest BCUT2D eigenvalue weighted by Gasteiger charge is -2.40. The lowest BCUT2D eigenvalue weighted by molar-refractivity contribution is -0.137. The van der Waals surface area contributed by atoms with Crippen molar-refractivity contribution in [2.45, 2.75) is 25.7 Å². The van der Waals surface area contributed by atoms with Gasteiger partial charge in [-0.25, -0.2) is 4.98 Å². The van der Waals surface area contributed by atoms with Crippen molar-refractivity contribution in [2.24, 2.45) is 0 Å². The smallest absolute Gasteiger partial charge is 0.359 e. The number of piperazine rings is 1. The standard InChI is InChI=1S/C22H26F3N7O/c1-14-12-31(6-7-32(14)19-5-4-17(11-27-19)22(23,24)25)13-16-10-28-29-20(16)18-8-15(9-26-18)21(33)30(2)3/h4-5,8-11,14,26H,6-7,12-13H2,1-3H3,(H,28,29). The molecule has 0 aliphatic carbocycles. The van der Waals surface area contributed by atoms with Crippen molar-refractivity contribution in [3.05, 3.63) is 53.5 Å². The molecule has 3 aromatic heterocycles. The van der Waals surface area contributed by atoms with E-state index in [1.54, 1.807) is 32.6 Å². The SMILES string of the molecule is CC1CN(Cc2cn[nH]c2-c2cc(C(=O)N(C)C)c[nH]2)CCN1c1ccc(C(F)(F)F)cn1. The van der Waals surface area contributed by atoms with E-state index in [9.17, 15) is 18.0 Å². The molecule has 0 bridgehead atoms. The molecular formula is C22H26F3N7O. The average molecular weight is 461 g/mol. The summed E-state index contributed by atoms with van der Waals surface area (Å²) in [5.41, 5.74) is 2.43. The van der Waals surface area contributed by atoms with Gasteiger partial charge in [0, 0.05) is 64.3 Å². The van der Waals surface area contributed by atoms with Crippen molar-refractivity contribution in [2.75, 3.05) is 38.6 Å². The van der Waals surface area contributed by atoms with Gasteiger partial charge in [-0.15, -0.1) is 0 Å². The molecule has 4 rings (SSSR count). The minimum absolute atomic E-state index is 0.0770. The zero-order chi connectivity index (χ0) is 23.8. The summed E-state index contributed by atoms with van der Waals surface area (Å²) in [5, 5.41) is 7.19. The van der Waals surface area contributed by atoms with Crippen LogP contribution in [0.5, 0.6) is 0 Å². The second kappa shape index (κ2) is 8.89. The van der Waals surface area contributed by atoms with Gasteiger partial charge in [0.05, 0.1) is 28.7 Å². The van der Waals surface area contributed by atoms with Crippen LogP contribution in [0.3, 0.4) is 0 Å². The summed E-state index contributed by atoms with van der Waals surface area (Å²) in [6, 6.07) is 4.38. The van der Waals surface area contributed by atoms with Crippen molar-refractivity contribution >= 4 is 11.7 Å². The number of nitrogens with zero attached hydrogens (tertiary/aromatic N) is 5. The summed E-state index contributed by atoms with van der Waals surface area (Å²) in [5.74, 6) is 0.462. The minimum atomic E-state index is -4.39. The molecule has 1 atom stereocenters. The predicted molar refractivity (Wildman–Crippen MR) is 118 cm³/mol. The third kappa shape index (κ3) is 4.87. The van der Waals surface area contributed by atoms with Crippen molar-refractivity contribution in [1.82, 2.24) is 30.0 Å². The zero-order valence-electron chi connectivity index (χ0n) is 18.6. The van der Waals surface area contributed by atoms with E-state index in [1.165, 1.54) is 11.0 Å². The first-order valence-corrected chi connectivity index (χ1v) is 10.6. The van der Waals surface area contributed by atoms with Gasteiger partial charge in [0.2, 0.25) is 0 Å². The molecule has 33 heavy (non-hydrogen) atoms. The van der Waals surface area contributed by atoms with E-state index in [2.05, 4.69) is 25.1 Å². The van der Waals surface area contributed by atoms with Crippen LogP contribution < -0.4 is 4.90 Å². The van der Waals surface area contributed by atoms with Crippen LogP contribution in [-0.2, 0) is 12.7 Å². The van der Waals surface area contributed by atoms with Gasteiger partial charge in [-0.3, -0.25) is 14.8 Å². The molecule has 1 saturated heterocycles. The highest BCUT2D eigenvalue weighted by Gasteiger charge is 2.32. The van der Waals surface area contributed by atoms with Gasteiger partial charge in [0.15, 0.2) is 0 Å². The van der Waals surface area contributed by atoms with Gasteiger partial charge in [-0.05, 0) is 25.1 Å². The number of halogens is 3. The number of aromatic amines is 2. The molecule has 4 heterocycles. The molecule has 176 valence electrons. The maximum Gasteiger partial charge on any atom is 0.417 e. The van der Waals surface area contributed by atoms with Gasteiger partial charge in [0.1, 0.15) is 5.82 Å². The van der Waals surface area contributed by atoms with E-state index in [0.717, 1.165) is 42.3 Å². The quantitative estimate of drug-likeness (QED) is 0.610. The molecule has 3 aromatic rings. The van der Waals surface area contributed by atoms with E-state index in [4.69, 9.17) is 0 Å². The summed E-state index contributed by atoms with van der Waals surface area (Å²) >= 11 is 0. The highest BCUT2D eigenvalue weighted by atomic mass is 19.4. The number of amides is 1. The third-order valence-electron chi connectivity index (χ3n) is 5.80. The van der Waals surface area contributed by atoms with Gasteiger partial charge >= 0.3 is 6.18 Å². The van der Waals surface area contributed by atoms with Crippen LogP contribution in [0.4, 0.5) is 19.0 Å². The number of H-pyrrole nitrogens is 2. The Morgan fingerprint density at radius 3 is 2.67 bits per heavy atom. The summed E-state index contributed by atoms with van der Waals surface area (Å²) in [7, 11) is 3.41. The summed E-state index contributed by atoms with van der Waals surface area (Å²) < 4.78 is 38.4. The van der Waals surface area contributed by atoms with Crippen molar-refractivity contribution in [1.29, 1.82) is 0 Å². The number of aromatic nitrogens is 4. The Kier molecular flexibility index (Phi) is 6.15. The average Bonchev–Trinajstić information content (AvgIpc) is 3.42. The fourth-order valence-corrected chi connectivity index (χ4v) is 4.07. The first-order chi connectivity index (χ1) is 15.6. The topological polar surface area (TPSA) is 84.2 Å². The third-order valence-corrected chi connectivity index (χ3v) is 5.80. The predicted octanol–water partition coefficient (Wildman–Crippen LogP) is 3.23. The first kappa shape index (κ1) is 22.8. The molecule has 11 heteroatoms. The number of hydrogen-bond donors (Lipinski definition) is 2. The number of carbonyl (C=O) groups is 1. The molecule has 1 aliphatic heterocycles. The molecule has 2 N–H and O–H groups in total. The van der Waals surface area contributed by atoms with E-state index in [0.29, 0.717) is 24.5 Å². The van der Waals surface area contributed by atoms with Crippen molar-refractivity contribution < 1.29 is 18.0 Å². The monoisotopic (exact) mass is 461 g/mol. The molecule has 8 nitrogen and oxygen atoms in total. The fraction of sp³-hybridized carbons (Fsp3) is 0.409. The first-order valence-electron chi connectivity index (χ1n) is 10.6. The Hall–Kier alpha value is -3.34. The highest BCUT2D eigenvalue weighted by molar-refractivity contribution is 5.95. The fourth-order valence-electron chi connectivity index (χ4n) is 4.07. The number of carbonyl (C=O) groups excluding carboxylic acids is 1. The Morgan fingerprint density at radius 2 is 2.03 bits per heavy atom. The van der Waals surface area contributed by atoms with Crippen LogP contribution in [0.2, 0.25) is 0 Å². The number of hydrogen-bond acceptors (Lipinski definition) is 5. The summed E-state index contributed by atoms with van der Waals surface area (Å²) in [6.45, 7) is 4.79. The summed E-state index contributed by atoms with van der Waals surface area (Å²) in [6.07, 6.45) is -0.0477. The molecular weight excluding hydrogens is 435 g/mol. The Bertz CT molecular complexity index is 1100. The second-order valence-corrected chi connectivity index (χ2v) is 8.45. The molecule has 1 amide bonds. The van der Waals surface area contributed by atoms with Crippen LogP contribution in [0.15, 0.2) is 36.8 Å². The van der Waals surface area contributed by atoms with Crippen molar-refractivity contribution in [3.8, 4) is 11.4 Å². The number of nitrogens with one attached hydrogen (secondary N) is 2. The normalized spacial score (nSPS) is 17.4. The number of rotatable bonds is 5. The van der Waals surface area contributed by atoms with Crippen LogP contribution in [0, 0.1) is 0 Å². The zero-order valence-corrected chi connectivity index (χ0v) is 18.6. The molecule has 0 spiro atoms. The van der Waals surface area contributed by atoms with E-state index in [-0.39, 0.29) is 11.9 Å². The molecule has 1 unspecified atom stereocenters. The number of alkyl halides is 3. The second-order valence-electron chi connectivity index (χ2n) is 8.45. The Morgan fingerprint density at radius 1 is 1.24 bits per heavy atom. The van der Waals surface area contributed by atoms with E-state index < -0.39 is 11.7 Å². The molecule has 0 radical (unpaired) electrons. The van der Waals surface area contributed by atoms with Crippen LogP contribution >= 0.6 is 0 Å². The molecule has 1 aliphatic rings. The molecule has 0 saturated carbocycles. The molecule has 0 aromatic carbocycles. The van der Waals surface area contributed by atoms with Gasteiger partial charge in [0.25, 0.3) is 5.91 Å². The summed E-state index contributed by atoms with van der Waals surface area (Å²) in [4.78, 5) is 25.2. The van der Waals surface area contributed by atoms with Crippen LogP contribution in [0.25, 0.3) is 11.4 Å². The van der Waals surface area contributed by atoms with Crippen LogP contribution in [0.1, 0.15) is 28.4 Å². The number of pyridine rings is 1. The minimum Gasteiger partial charge on any atom is -0.359 e. The largest absolute Gasteiger partial charge is 0.417 e. The van der Waals surface area contributed by atoms with Gasteiger partial charge < -0.3 is 14.8 Å². The maximum absolute atomic E-state index is 12.8. The Labute approximate surface area is 189 Å². The molecule has 1 fully saturated rings.